The number of esters is 2. The molecule has 2 aromatic rings. The van der Waals surface area contributed by atoms with E-state index < -0.39 is 35.6 Å². The van der Waals surface area contributed by atoms with E-state index in [0.29, 0.717) is 23.0 Å². The number of carbonyl (C=O) groups is 2. The van der Waals surface area contributed by atoms with Crippen molar-refractivity contribution in [2.24, 2.45) is 0 Å². The van der Waals surface area contributed by atoms with Crippen molar-refractivity contribution in [1.82, 2.24) is 4.90 Å². The van der Waals surface area contributed by atoms with Gasteiger partial charge in [0.25, 0.3) is 0 Å². The summed E-state index contributed by atoms with van der Waals surface area (Å²) in [5, 5.41) is 11.6. The highest BCUT2D eigenvalue weighted by Gasteiger charge is 2.59. The normalized spacial score (nSPS) is 25.1. The first kappa shape index (κ1) is 29.1. The number of aliphatic hydroxyl groups is 1. The third-order valence-corrected chi connectivity index (χ3v) is 8.95. The summed E-state index contributed by atoms with van der Waals surface area (Å²) in [6.07, 6.45) is 6.48. The topological polar surface area (TPSA) is 113 Å². The van der Waals surface area contributed by atoms with E-state index in [1.165, 1.54) is 7.11 Å². The Morgan fingerprint density at radius 1 is 1.12 bits per heavy atom. The first-order valence-electron chi connectivity index (χ1n) is 14.6. The van der Waals surface area contributed by atoms with E-state index in [1.807, 2.05) is 42.5 Å². The van der Waals surface area contributed by atoms with Gasteiger partial charge in [-0.1, -0.05) is 30.4 Å². The fourth-order valence-corrected chi connectivity index (χ4v) is 6.87. The minimum atomic E-state index is -2.16. The Hall–Kier alpha value is -4.02. The molecule has 10 nitrogen and oxygen atoms in total. The summed E-state index contributed by atoms with van der Waals surface area (Å²) in [7, 11) is 2.77. The molecular formula is C33H37NO9. The van der Waals surface area contributed by atoms with Gasteiger partial charge in [-0.2, -0.15) is 0 Å². The SMILES string of the molecule is COC(=O)CC(O)(C/C=C/COc1ccccc1)C(=O)O[C@@H]1C(OC)=CC23CCCN2CCc2cc4c(cc2[C@H]13)OCO4. The predicted octanol–water partition coefficient (Wildman–Crippen LogP) is 3.66. The summed E-state index contributed by atoms with van der Waals surface area (Å²) in [5.41, 5.74) is -0.488. The van der Waals surface area contributed by atoms with E-state index in [9.17, 15) is 14.7 Å². The Kier molecular flexibility index (Phi) is 8.07. The summed E-state index contributed by atoms with van der Waals surface area (Å²) in [4.78, 5) is 28.7. The maximum Gasteiger partial charge on any atom is 0.339 e. The van der Waals surface area contributed by atoms with Crippen molar-refractivity contribution >= 4 is 11.9 Å². The van der Waals surface area contributed by atoms with Crippen LogP contribution < -0.4 is 14.2 Å². The Balaban J connectivity index is 1.28. The predicted molar refractivity (Wildman–Crippen MR) is 155 cm³/mol. The lowest BCUT2D eigenvalue weighted by Gasteiger charge is -2.39. The van der Waals surface area contributed by atoms with Crippen LogP contribution in [0.1, 0.15) is 42.7 Å². The Morgan fingerprint density at radius 2 is 1.91 bits per heavy atom. The molecule has 1 fully saturated rings. The number of carbonyl (C=O) groups excluding carboxylic acids is 2. The lowest BCUT2D eigenvalue weighted by atomic mass is 9.77. The fourth-order valence-electron chi connectivity index (χ4n) is 6.87. The first-order valence-corrected chi connectivity index (χ1v) is 14.6. The second-order valence-electron chi connectivity index (χ2n) is 11.4. The Labute approximate surface area is 250 Å². The molecule has 228 valence electrons. The van der Waals surface area contributed by atoms with Gasteiger partial charge in [-0.05, 0) is 67.3 Å². The maximum atomic E-state index is 13.9. The summed E-state index contributed by atoms with van der Waals surface area (Å²) < 4.78 is 33.9. The van der Waals surface area contributed by atoms with Crippen LogP contribution >= 0.6 is 0 Å². The quantitative estimate of drug-likeness (QED) is 0.324. The van der Waals surface area contributed by atoms with Gasteiger partial charge in [-0.3, -0.25) is 9.69 Å². The fraction of sp³-hybridized carbons (Fsp3) is 0.455. The summed E-state index contributed by atoms with van der Waals surface area (Å²) >= 11 is 0. The van der Waals surface area contributed by atoms with Crippen molar-refractivity contribution in [3.05, 3.63) is 77.6 Å². The zero-order valence-corrected chi connectivity index (χ0v) is 24.5. The molecule has 0 bridgehead atoms. The van der Waals surface area contributed by atoms with Crippen LogP contribution in [0, 0.1) is 0 Å². The van der Waals surface area contributed by atoms with Crippen molar-refractivity contribution < 1.29 is 43.1 Å². The monoisotopic (exact) mass is 591 g/mol. The van der Waals surface area contributed by atoms with Gasteiger partial charge >= 0.3 is 11.9 Å². The standard InChI is InChI=1S/C33H37NO9/c1-38-27-19-32-12-8-14-34(32)15-11-22-17-25-26(42-21-41-25)18-24(22)29(32)30(27)43-31(36)33(37,20-28(35)39-2)13-6-7-16-40-23-9-4-3-5-10-23/h3-7,9-10,17-19,29-30,37H,8,11-16,20-21H2,1-2H3/b7-6+/t29-,30-,32?,33?/m1/s1. The van der Waals surface area contributed by atoms with Crippen LogP contribution in [0.2, 0.25) is 0 Å². The van der Waals surface area contributed by atoms with Gasteiger partial charge in [0.15, 0.2) is 23.2 Å². The molecule has 1 saturated heterocycles. The number of nitrogens with zero attached hydrogens (tertiary/aromatic N) is 1. The molecule has 1 aliphatic carbocycles. The molecule has 0 amide bonds. The molecule has 1 N–H and O–H groups in total. The van der Waals surface area contributed by atoms with Crippen LogP contribution in [0.15, 0.2) is 66.5 Å². The zero-order chi connectivity index (χ0) is 30.0. The molecular weight excluding hydrogens is 554 g/mol. The maximum absolute atomic E-state index is 13.9. The highest BCUT2D eigenvalue weighted by Crippen LogP contribution is 2.55. The Bertz CT molecular complexity index is 1420. The van der Waals surface area contributed by atoms with Crippen LogP contribution in [-0.2, 0) is 30.2 Å². The highest BCUT2D eigenvalue weighted by atomic mass is 16.7. The molecule has 4 aliphatic rings. The smallest absolute Gasteiger partial charge is 0.339 e. The van der Waals surface area contributed by atoms with Gasteiger partial charge < -0.3 is 33.5 Å². The third kappa shape index (κ3) is 5.45. The van der Waals surface area contributed by atoms with E-state index >= 15 is 0 Å². The molecule has 1 spiro atoms. The van der Waals surface area contributed by atoms with Crippen molar-refractivity contribution in [3.63, 3.8) is 0 Å². The average molecular weight is 592 g/mol. The average Bonchev–Trinajstić information content (AvgIpc) is 3.71. The number of hydrogen-bond donors (Lipinski definition) is 1. The second-order valence-corrected chi connectivity index (χ2v) is 11.4. The molecule has 3 heterocycles. The lowest BCUT2D eigenvalue weighted by Crippen LogP contribution is -2.49. The van der Waals surface area contributed by atoms with Crippen molar-refractivity contribution in [2.45, 2.75) is 55.3 Å². The number of methoxy groups -OCH3 is 2. The molecule has 0 radical (unpaired) electrons. The van der Waals surface area contributed by atoms with Crippen molar-refractivity contribution in [1.29, 1.82) is 0 Å². The zero-order valence-electron chi connectivity index (χ0n) is 24.5. The van der Waals surface area contributed by atoms with E-state index in [-0.39, 0.29) is 25.7 Å². The van der Waals surface area contributed by atoms with Crippen molar-refractivity contribution in [3.8, 4) is 17.2 Å². The number of hydrogen-bond acceptors (Lipinski definition) is 10. The number of benzene rings is 2. The number of rotatable bonds is 10. The highest BCUT2D eigenvalue weighted by molar-refractivity contribution is 5.86. The van der Waals surface area contributed by atoms with E-state index in [1.54, 1.807) is 19.3 Å². The van der Waals surface area contributed by atoms with Gasteiger partial charge in [0.05, 0.1) is 32.1 Å². The van der Waals surface area contributed by atoms with E-state index in [2.05, 4.69) is 11.0 Å². The van der Waals surface area contributed by atoms with Crippen LogP contribution in [0.3, 0.4) is 0 Å². The van der Waals surface area contributed by atoms with Gasteiger partial charge in [-0.15, -0.1) is 0 Å². The molecule has 10 heteroatoms. The second kappa shape index (κ2) is 11.9. The van der Waals surface area contributed by atoms with Crippen LogP contribution in [0.5, 0.6) is 17.2 Å². The number of ether oxygens (including phenoxy) is 6. The van der Waals surface area contributed by atoms with Gasteiger partial charge in [0.1, 0.15) is 18.1 Å². The molecule has 4 atom stereocenters. The number of fused-ring (bicyclic) bond motifs is 3. The van der Waals surface area contributed by atoms with E-state index in [4.69, 9.17) is 28.4 Å². The van der Waals surface area contributed by atoms with Crippen LogP contribution in [0.4, 0.5) is 0 Å². The van der Waals surface area contributed by atoms with Gasteiger partial charge in [0, 0.05) is 13.0 Å². The van der Waals surface area contributed by atoms with Crippen LogP contribution in [-0.4, -0.2) is 79.9 Å². The molecule has 2 aromatic carbocycles. The minimum Gasteiger partial charge on any atom is -0.497 e. The largest absolute Gasteiger partial charge is 0.497 e. The first-order chi connectivity index (χ1) is 20.9. The van der Waals surface area contributed by atoms with Crippen molar-refractivity contribution in [2.75, 3.05) is 40.7 Å². The van der Waals surface area contributed by atoms with Gasteiger partial charge in [-0.25, -0.2) is 4.79 Å². The third-order valence-electron chi connectivity index (χ3n) is 8.95. The molecule has 6 rings (SSSR count). The summed E-state index contributed by atoms with van der Waals surface area (Å²) in [6.45, 7) is 2.12. The molecule has 0 aromatic heterocycles. The lowest BCUT2D eigenvalue weighted by molar-refractivity contribution is -0.177. The molecule has 0 saturated carbocycles. The molecule has 43 heavy (non-hydrogen) atoms. The van der Waals surface area contributed by atoms with Crippen LogP contribution in [0.25, 0.3) is 0 Å². The molecule has 2 unspecified atom stereocenters. The summed E-state index contributed by atoms with van der Waals surface area (Å²) in [6, 6.07) is 13.3. The summed E-state index contributed by atoms with van der Waals surface area (Å²) in [5.74, 6) is 0.609. The number of para-hydroxylation sites is 1. The molecule has 3 aliphatic heterocycles. The minimum absolute atomic E-state index is 0.157. The van der Waals surface area contributed by atoms with Gasteiger partial charge in [0.2, 0.25) is 6.79 Å². The van der Waals surface area contributed by atoms with E-state index in [0.717, 1.165) is 43.5 Å². The Morgan fingerprint density at radius 3 is 2.67 bits per heavy atom.